The van der Waals surface area contributed by atoms with E-state index in [9.17, 15) is 9.90 Å². The lowest BCUT2D eigenvalue weighted by Crippen LogP contribution is -2.24. The second-order valence-electron chi connectivity index (χ2n) is 4.60. The maximum absolute atomic E-state index is 12.1. The van der Waals surface area contributed by atoms with Crippen LogP contribution in [0.4, 0.5) is 0 Å². The minimum Gasteiger partial charge on any atom is -0.482 e. The van der Waals surface area contributed by atoms with E-state index < -0.39 is 18.7 Å². The zero-order valence-electron chi connectivity index (χ0n) is 13.7. The third kappa shape index (κ3) is 8.74. The lowest BCUT2D eigenvalue weighted by Gasteiger charge is -2.16. The molecule has 0 fully saturated rings. The monoisotopic (exact) mass is 320 g/mol. The van der Waals surface area contributed by atoms with Crippen LogP contribution < -0.4 is 0 Å². The number of carbonyl (C=O) groups is 1. The van der Waals surface area contributed by atoms with E-state index in [1.54, 1.807) is 0 Å². The van der Waals surface area contributed by atoms with E-state index in [0.29, 0.717) is 26.2 Å². The van der Waals surface area contributed by atoms with Gasteiger partial charge in [0.2, 0.25) is 0 Å². The van der Waals surface area contributed by atoms with Crippen molar-refractivity contribution in [1.29, 1.82) is 0 Å². The topological polar surface area (TPSA) is 94.5 Å². The molecule has 0 bridgehead atoms. The predicted molar refractivity (Wildman–Crippen MR) is 79.8 cm³/mol. The summed E-state index contributed by atoms with van der Waals surface area (Å²) in [6.07, 6.45) is 1.06. The fraction of sp³-hybridized carbons (Fsp3) is 0.800. The number of hydrogen-bond donors (Lipinski definition) is 2. The van der Waals surface area contributed by atoms with E-state index in [4.69, 9.17) is 24.1 Å². The van der Waals surface area contributed by atoms with Gasteiger partial charge in [-0.05, 0) is 19.3 Å². The summed E-state index contributed by atoms with van der Waals surface area (Å²) in [5.74, 6) is -0.933. The van der Waals surface area contributed by atoms with Gasteiger partial charge < -0.3 is 29.2 Å². The van der Waals surface area contributed by atoms with Crippen LogP contribution in [0.1, 0.15) is 40.0 Å². The summed E-state index contributed by atoms with van der Waals surface area (Å²) in [7, 11) is 0. The van der Waals surface area contributed by atoms with Crippen LogP contribution in [0.5, 0.6) is 0 Å². The highest BCUT2D eigenvalue weighted by atomic mass is 16.7. The molecule has 130 valence electrons. The fourth-order valence-corrected chi connectivity index (χ4v) is 1.26. The first-order valence-corrected chi connectivity index (χ1v) is 7.69. The van der Waals surface area contributed by atoms with Crippen molar-refractivity contribution in [3.63, 3.8) is 0 Å². The Kier molecular flexibility index (Phi) is 12.3. The SMILES string of the molecule is CCCOC(OCCC)=C(OCCC)C(=O)OCC(O)CO. The molecule has 0 saturated carbocycles. The number of ether oxygens (including phenoxy) is 4. The number of esters is 1. The van der Waals surface area contributed by atoms with E-state index in [2.05, 4.69) is 0 Å². The summed E-state index contributed by atoms with van der Waals surface area (Å²) >= 11 is 0. The van der Waals surface area contributed by atoms with Crippen molar-refractivity contribution in [1.82, 2.24) is 0 Å². The van der Waals surface area contributed by atoms with E-state index >= 15 is 0 Å². The summed E-state index contributed by atoms with van der Waals surface area (Å²) in [6.45, 7) is 6.01. The van der Waals surface area contributed by atoms with E-state index in [-0.39, 0.29) is 18.3 Å². The summed E-state index contributed by atoms with van der Waals surface area (Å²) < 4.78 is 21.1. The third-order valence-corrected chi connectivity index (χ3v) is 2.31. The Hall–Kier alpha value is -1.47. The summed E-state index contributed by atoms with van der Waals surface area (Å²) in [5.41, 5.74) is 0. The zero-order valence-corrected chi connectivity index (χ0v) is 13.7. The molecule has 0 aliphatic rings. The van der Waals surface area contributed by atoms with Crippen LogP contribution in [-0.2, 0) is 23.7 Å². The second-order valence-corrected chi connectivity index (χ2v) is 4.60. The molecule has 0 rings (SSSR count). The lowest BCUT2D eigenvalue weighted by molar-refractivity contribution is -0.148. The van der Waals surface area contributed by atoms with Crippen LogP contribution in [-0.4, -0.2) is 55.3 Å². The zero-order chi connectivity index (χ0) is 16.8. The Morgan fingerprint density at radius 3 is 1.86 bits per heavy atom. The van der Waals surface area contributed by atoms with Gasteiger partial charge in [-0.1, -0.05) is 20.8 Å². The highest BCUT2D eigenvalue weighted by Gasteiger charge is 2.23. The molecule has 0 spiro atoms. The van der Waals surface area contributed by atoms with Crippen molar-refractivity contribution >= 4 is 5.97 Å². The molecule has 7 heteroatoms. The molecule has 1 atom stereocenters. The number of rotatable bonds is 13. The van der Waals surface area contributed by atoms with Gasteiger partial charge in [0.1, 0.15) is 12.7 Å². The minimum atomic E-state index is -1.13. The molecule has 0 aromatic rings. The molecular formula is C15H28O7. The molecule has 0 heterocycles. The molecule has 1 unspecified atom stereocenters. The second kappa shape index (κ2) is 13.2. The smallest absolute Gasteiger partial charge is 0.381 e. The van der Waals surface area contributed by atoms with Crippen LogP contribution >= 0.6 is 0 Å². The molecule has 2 N–H and O–H groups in total. The Bertz CT molecular complexity index is 318. The average Bonchev–Trinajstić information content (AvgIpc) is 2.54. The Balaban J connectivity index is 5.01. The molecular weight excluding hydrogens is 292 g/mol. The Morgan fingerprint density at radius 1 is 0.909 bits per heavy atom. The van der Waals surface area contributed by atoms with Gasteiger partial charge >= 0.3 is 11.9 Å². The van der Waals surface area contributed by atoms with E-state index in [1.165, 1.54) is 0 Å². The highest BCUT2D eigenvalue weighted by Crippen LogP contribution is 2.14. The quantitative estimate of drug-likeness (QED) is 0.300. The average molecular weight is 320 g/mol. The molecule has 22 heavy (non-hydrogen) atoms. The number of hydrogen-bond acceptors (Lipinski definition) is 7. The van der Waals surface area contributed by atoms with Crippen LogP contribution in [0.3, 0.4) is 0 Å². The summed E-state index contributed by atoms with van der Waals surface area (Å²) in [5, 5.41) is 18.0. The first kappa shape index (κ1) is 20.5. The van der Waals surface area contributed by atoms with Gasteiger partial charge in [-0.25, -0.2) is 4.79 Å². The van der Waals surface area contributed by atoms with Crippen molar-refractivity contribution in [3.05, 3.63) is 11.7 Å². The van der Waals surface area contributed by atoms with Crippen molar-refractivity contribution in [3.8, 4) is 0 Å². The van der Waals surface area contributed by atoms with Crippen molar-refractivity contribution < 1.29 is 34.0 Å². The van der Waals surface area contributed by atoms with Crippen molar-refractivity contribution in [2.45, 2.75) is 46.1 Å². The van der Waals surface area contributed by atoms with Crippen LogP contribution in [0.25, 0.3) is 0 Å². The molecule has 0 aromatic heterocycles. The normalized spacial score (nSPS) is 11.5. The van der Waals surface area contributed by atoms with Gasteiger partial charge in [0, 0.05) is 0 Å². The number of aliphatic hydroxyl groups excluding tert-OH is 2. The lowest BCUT2D eigenvalue weighted by atomic mass is 10.4. The van der Waals surface area contributed by atoms with Crippen LogP contribution in [0.15, 0.2) is 11.7 Å². The Morgan fingerprint density at radius 2 is 1.41 bits per heavy atom. The van der Waals surface area contributed by atoms with E-state index in [1.807, 2.05) is 20.8 Å². The molecule has 0 radical (unpaired) electrons. The van der Waals surface area contributed by atoms with Crippen LogP contribution in [0, 0.1) is 0 Å². The first-order chi connectivity index (χ1) is 10.6. The van der Waals surface area contributed by atoms with Gasteiger partial charge in [-0.2, -0.15) is 0 Å². The fourth-order valence-electron chi connectivity index (χ4n) is 1.26. The van der Waals surface area contributed by atoms with Gasteiger partial charge in [0.15, 0.2) is 0 Å². The van der Waals surface area contributed by atoms with Crippen molar-refractivity contribution in [2.75, 3.05) is 33.0 Å². The maximum Gasteiger partial charge on any atom is 0.381 e. The number of aliphatic hydroxyl groups is 2. The van der Waals surface area contributed by atoms with Crippen LogP contribution in [0.2, 0.25) is 0 Å². The van der Waals surface area contributed by atoms with Gasteiger partial charge in [0.25, 0.3) is 5.76 Å². The standard InChI is InChI=1S/C15H28O7/c1-4-7-19-13(14(18)22-11-12(17)10-16)15(20-8-5-2)21-9-6-3/h12,16-17H,4-11H2,1-3H3. The molecule has 0 aromatic carbocycles. The minimum absolute atomic E-state index is 0.000591. The van der Waals surface area contributed by atoms with E-state index in [0.717, 1.165) is 12.8 Å². The summed E-state index contributed by atoms with van der Waals surface area (Å²) in [6, 6.07) is 0. The Labute approximate surface area is 131 Å². The maximum atomic E-state index is 12.1. The van der Waals surface area contributed by atoms with Gasteiger partial charge in [0.05, 0.1) is 26.4 Å². The van der Waals surface area contributed by atoms with Crippen molar-refractivity contribution in [2.24, 2.45) is 0 Å². The largest absolute Gasteiger partial charge is 0.482 e. The molecule has 0 saturated heterocycles. The summed E-state index contributed by atoms with van der Waals surface area (Å²) in [4.78, 5) is 12.1. The first-order valence-electron chi connectivity index (χ1n) is 7.69. The predicted octanol–water partition coefficient (Wildman–Crippen LogP) is 1.33. The van der Waals surface area contributed by atoms with Gasteiger partial charge in [-0.15, -0.1) is 0 Å². The molecule has 0 aliphatic heterocycles. The van der Waals surface area contributed by atoms with Gasteiger partial charge in [-0.3, -0.25) is 0 Å². The molecule has 0 aliphatic carbocycles. The molecule has 0 amide bonds. The molecule has 7 nitrogen and oxygen atoms in total. The highest BCUT2D eigenvalue weighted by molar-refractivity contribution is 5.86. The number of carbonyl (C=O) groups excluding carboxylic acids is 1. The third-order valence-electron chi connectivity index (χ3n) is 2.31.